The first-order chi connectivity index (χ1) is 11.7. The van der Waals surface area contributed by atoms with Gasteiger partial charge < -0.3 is 14.8 Å². The number of carbonyl (C=O) groups excluding carboxylic acids is 2. The van der Waals surface area contributed by atoms with Gasteiger partial charge in [-0.15, -0.1) is 11.8 Å². The van der Waals surface area contributed by atoms with Gasteiger partial charge in [-0.05, 0) is 17.7 Å². The van der Waals surface area contributed by atoms with Crippen molar-refractivity contribution in [2.45, 2.75) is 17.5 Å². The second-order valence-electron chi connectivity index (χ2n) is 4.91. The van der Waals surface area contributed by atoms with E-state index in [0.717, 1.165) is 10.5 Å². The molecule has 2 aromatic carbocycles. The Bertz CT molecular complexity index is 649. The minimum absolute atomic E-state index is 0.145. The summed E-state index contributed by atoms with van der Waals surface area (Å²) in [5.74, 6) is -0.146. The van der Waals surface area contributed by atoms with Crippen LogP contribution in [-0.4, -0.2) is 31.0 Å². The van der Waals surface area contributed by atoms with Gasteiger partial charge in [0.15, 0.2) is 0 Å². The van der Waals surface area contributed by atoms with Crippen molar-refractivity contribution in [2.24, 2.45) is 0 Å². The van der Waals surface area contributed by atoms with Gasteiger partial charge in [0, 0.05) is 10.6 Å². The Kier molecular flexibility index (Phi) is 7.17. The lowest BCUT2D eigenvalue weighted by molar-refractivity contribution is -0.142. The molecule has 1 atom stereocenters. The molecular weight excluding hydrogens is 326 g/mol. The molecule has 24 heavy (non-hydrogen) atoms. The molecule has 6 heteroatoms. The van der Waals surface area contributed by atoms with Crippen LogP contribution >= 0.6 is 11.8 Å². The molecule has 0 aliphatic carbocycles. The number of nitrogens with one attached hydrogen (secondary N) is 1. The molecule has 1 N–H and O–H groups in total. The van der Waals surface area contributed by atoms with Gasteiger partial charge in [-0.1, -0.05) is 48.5 Å². The zero-order valence-electron chi connectivity index (χ0n) is 13.3. The summed E-state index contributed by atoms with van der Waals surface area (Å²) in [7, 11) is 1.29. The number of carbonyl (C=O) groups is 2. The summed E-state index contributed by atoms with van der Waals surface area (Å²) < 4.78 is 9.88. The van der Waals surface area contributed by atoms with Crippen LogP contribution in [0.5, 0.6) is 0 Å². The largest absolute Gasteiger partial charge is 0.467 e. The van der Waals surface area contributed by atoms with Crippen molar-refractivity contribution in [3.63, 3.8) is 0 Å². The summed E-state index contributed by atoms with van der Waals surface area (Å²) in [6.07, 6.45) is -0.650. The lowest BCUT2D eigenvalue weighted by atomic mass is 10.2. The zero-order chi connectivity index (χ0) is 17.2. The highest BCUT2D eigenvalue weighted by atomic mass is 32.2. The van der Waals surface area contributed by atoms with Gasteiger partial charge in [-0.25, -0.2) is 9.59 Å². The summed E-state index contributed by atoms with van der Waals surface area (Å²) in [4.78, 5) is 24.8. The van der Waals surface area contributed by atoms with Crippen LogP contribution in [0, 0.1) is 0 Å². The normalized spacial score (nSPS) is 11.4. The fraction of sp³-hybridized carbons (Fsp3) is 0.222. The van der Waals surface area contributed by atoms with Crippen molar-refractivity contribution in [2.75, 3.05) is 12.9 Å². The predicted octanol–water partition coefficient (Wildman–Crippen LogP) is 3.25. The second kappa shape index (κ2) is 9.62. The smallest absolute Gasteiger partial charge is 0.408 e. The van der Waals surface area contributed by atoms with Crippen LogP contribution in [0.25, 0.3) is 0 Å². The number of hydrogen-bond acceptors (Lipinski definition) is 5. The van der Waals surface area contributed by atoms with Crippen molar-refractivity contribution < 1.29 is 19.1 Å². The van der Waals surface area contributed by atoms with Crippen LogP contribution in [0.2, 0.25) is 0 Å². The molecule has 0 aromatic heterocycles. The zero-order valence-corrected chi connectivity index (χ0v) is 14.1. The van der Waals surface area contributed by atoms with E-state index in [1.165, 1.54) is 18.9 Å². The summed E-state index contributed by atoms with van der Waals surface area (Å²) >= 11 is 1.46. The van der Waals surface area contributed by atoms with Crippen molar-refractivity contribution in [1.82, 2.24) is 5.32 Å². The molecule has 0 aliphatic rings. The van der Waals surface area contributed by atoms with E-state index in [0.29, 0.717) is 5.75 Å². The lowest BCUT2D eigenvalue weighted by Gasteiger charge is -2.16. The second-order valence-corrected chi connectivity index (χ2v) is 6.00. The molecular formula is C18H19NO4S. The third-order valence-electron chi connectivity index (χ3n) is 3.15. The number of benzene rings is 2. The number of ether oxygens (including phenoxy) is 2. The predicted molar refractivity (Wildman–Crippen MR) is 92.7 cm³/mol. The molecule has 0 fully saturated rings. The van der Waals surface area contributed by atoms with E-state index in [4.69, 9.17) is 9.47 Å². The first kappa shape index (κ1) is 17.9. The first-order valence-corrected chi connectivity index (χ1v) is 8.40. The topological polar surface area (TPSA) is 64.6 Å². The number of esters is 1. The summed E-state index contributed by atoms with van der Waals surface area (Å²) in [5, 5.41) is 2.55. The molecule has 5 nitrogen and oxygen atoms in total. The average Bonchev–Trinajstić information content (AvgIpc) is 2.64. The van der Waals surface area contributed by atoms with Crippen molar-refractivity contribution in [1.29, 1.82) is 0 Å². The van der Waals surface area contributed by atoms with Crippen LogP contribution in [0.3, 0.4) is 0 Å². The number of thioether (sulfide) groups is 1. The van der Waals surface area contributed by atoms with Crippen LogP contribution in [0.15, 0.2) is 65.6 Å². The third-order valence-corrected chi connectivity index (χ3v) is 4.26. The monoisotopic (exact) mass is 345 g/mol. The molecule has 2 rings (SSSR count). The lowest BCUT2D eigenvalue weighted by Crippen LogP contribution is -2.43. The SMILES string of the molecule is COC(=O)[C@@H](CSc1ccccc1)NC(=O)OCc1ccccc1. The van der Waals surface area contributed by atoms with Gasteiger partial charge in [0.25, 0.3) is 0 Å². The maximum Gasteiger partial charge on any atom is 0.408 e. The molecule has 0 saturated carbocycles. The number of amides is 1. The van der Waals surface area contributed by atoms with Gasteiger partial charge in [-0.3, -0.25) is 0 Å². The highest BCUT2D eigenvalue weighted by Gasteiger charge is 2.22. The Morgan fingerprint density at radius 1 is 1.04 bits per heavy atom. The number of hydrogen-bond donors (Lipinski definition) is 1. The van der Waals surface area contributed by atoms with Crippen molar-refractivity contribution in [3.8, 4) is 0 Å². The van der Waals surface area contributed by atoms with E-state index in [-0.39, 0.29) is 6.61 Å². The Morgan fingerprint density at radius 3 is 2.29 bits per heavy atom. The Balaban J connectivity index is 1.85. The van der Waals surface area contributed by atoms with Crippen LogP contribution in [-0.2, 0) is 20.9 Å². The molecule has 1 amide bonds. The quantitative estimate of drug-likeness (QED) is 0.616. The van der Waals surface area contributed by atoms with Crippen LogP contribution in [0.1, 0.15) is 5.56 Å². The number of methoxy groups -OCH3 is 1. The molecule has 0 saturated heterocycles. The standard InChI is InChI=1S/C18H19NO4S/c1-22-17(20)16(13-24-15-10-6-3-7-11-15)19-18(21)23-12-14-8-4-2-5-9-14/h2-11,16H,12-13H2,1H3,(H,19,21)/t16-/m1/s1. The minimum atomic E-state index is -0.775. The average molecular weight is 345 g/mol. The van der Waals surface area contributed by atoms with E-state index < -0.39 is 18.1 Å². The molecule has 126 valence electrons. The Labute approximate surface area is 145 Å². The van der Waals surface area contributed by atoms with Gasteiger partial charge in [0.2, 0.25) is 0 Å². The highest BCUT2D eigenvalue weighted by Crippen LogP contribution is 2.18. The maximum atomic E-state index is 11.9. The summed E-state index contributed by atoms with van der Waals surface area (Å²) in [6, 6.07) is 18.2. The van der Waals surface area contributed by atoms with Crippen LogP contribution < -0.4 is 5.32 Å². The van der Waals surface area contributed by atoms with Crippen molar-refractivity contribution in [3.05, 3.63) is 66.2 Å². The molecule has 0 bridgehead atoms. The number of alkyl carbamates (subject to hydrolysis) is 1. The first-order valence-electron chi connectivity index (χ1n) is 7.42. The van der Waals surface area contributed by atoms with E-state index in [1.54, 1.807) is 0 Å². The fourth-order valence-corrected chi connectivity index (χ4v) is 2.84. The molecule has 0 aliphatic heterocycles. The molecule has 2 aromatic rings. The van der Waals surface area contributed by atoms with Gasteiger partial charge >= 0.3 is 12.1 Å². The molecule has 0 unspecified atom stereocenters. The van der Waals surface area contributed by atoms with Gasteiger partial charge in [-0.2, -0.15) is 0 Å². The van der Waals surface area contributed by atoms with E-state index in [1.807, 2.05) is 60.7 Å². The van der Waals surface area contributed by atoms with Crippen molar-refractivity contribution >= 4 is 23.8 Å². The van der Waals surface area contributed by atoms with E-state index in [9.17, 15) is 9.59 Å². The number of rotatable bonds is 7. The summed E-state index contributed by atoms with van der Waals surface area (Å²) in [5.41, 5.74) is 0.876. The Morgan fingerprint density at radius 2 is 1.67 bits per heavy atom. The van der Waals surface area contributed by atoms with Gasteiger partial charge in [0.05, 0.1) is 7.11 Å². The molecule has 0 radical (unpaired) electrons. The maximum absolute atomic E-state index is 11.9. The third kappa shape index (κ3) is 5.96. The fourth-order valence-electron chi connectivity index (χ4n) is 1.91. The van der Waals surface area contributed by atoms with E-state index in [2.05, 4.69) is 5.32 Å². The van der Waals surface area contributed by atoms with Gasteiger partial charge in [0.1, 0.15) is 12.6 Å². The van der Waals surface area contributed by atoms with Crippen LogP contribution in [0.4, 0.5) is 4.79 Å². The highest BCUT2D eigenvalue weighted by molar-refractivity contribution is 7.99. The van der Waals surface area contributed by atoms with E-state index >= 15 is 0 Å². The Hall–Kier alpha value is -2.47. The summed E-state index contributed by atoms with van der Waals surface area (Å²) in [6.45, 7) is 0.145. The minimum Gasteiger partial charge on any atom is -0.467 e. The molecule has 0 spiro atoms. The molecule has 0 heterocycles.